The quantitative estimate of drug-likeness (QED) is 0.647. The van der Waals surface area contributed by atoms with Crippen LogP contribution >= 0.6 is 0 Å². The summed E-state index contributed by atoms with van der Waals surface area (Å²) in [6, 6.07) is 1.92. The lowest BCUT2D eigenvalue weighted by atomic mass is 10.2. The molecule has 2 heterocycles. The number of hydrogen-bond acceptors (Lipinski definition) is 6. The molecule has 2 aliphatic heterocycles. The Morgan fingerprint density at radius 1 is 1.19 bits per heavy atom. The molecular weight excluding hydrogens is 440 g/mol. The van der Waals surface area contributed by atoms with E-state index >= 15 is 0 Å². The van der Waals surface area contributed by atoms with Gasteiger partial charge in [-0.2, -0.15) is 8.78 Å². The average molecular weight is 462 g/mol. The number of amides is 3. The summed E-state index contributed by atoms with van der Waals surface area (Å²) in [5, 5.41) is 3.09. The number of nitrogens with one attached hydrogen (secondary N) is 1. The number of cyclic esters (lactones) is 1. The van der Waals surface area contributed by atoms with Crippen LogP contribution in [-0.2, 0) is 19.2 Å². The summed E-state index contributed by atoms with van der Waals surface area (Å²) in [5.41, 5.74) is -0.443. The highest BCUT2D eigenvalue weighted by Gasteiger charge is 2.34. The average Bonchev–Trinajstić information content (AvgIpc) is 2.95. The number of rotatable bonds is 6. The third kappa shape index (κ3) is 5.21. The first-order chi connectivity index (χ1) is 15.2. The van der Waals surface area contributed by atoms with E-state index in [9.17, 15) is 31.9 Å². The molecule has 1 N–H and O–H groups in total. The molecule has 0 aromatic heterocycles. The fraction of sp³-hybridized carbons (Fsp3) is 0.526. The van der Waals surface area contributed by atoms with Gasteiger partial charge in [0.1, 0.15) is 11.8 Å². The lowest BCUT2D eigenvalue weighted by Gasteiger charge is -2.24. The highest BCUT2D eigenvalue weighted by molar-refractivity contribution is 5.90. The van der Waals surface area contributed by atoms with Gasteiger partial charge in [-0.3, -0.25) is 19.3 Å². The Balaban J connectivity index is 1.70. The molecule has 1 aromatic rings. The molecule has 0 aliphatic carbocycles. The van der Waals surface area contributed by atoms with E-state index < -0.39 is 36.2 Å². The van der Waals surface area contributed by atoms with E-state index in [1.165, 1.54) is 4.90 Å². The number of hydroxylamine groups is 2. The van der Waals surface area contributed by atoms with Crippen LogP contribution in [0.3, 0.4) is 0 Å². The van der Waals surface area contributed by atoms with Gasteiger partial charge in [-0.05, 0) is 0 Å². The first-order valence-electron chi connectivity index (χ1n) is 9.92. The number of benzene rings is 1. The summed E-state index contributed by atoms with van der Waals surface area (Å²) in [6.45, 7) is 1.57. The second-order valence-electron chi connectivity index (χ2n) is 7.09. The zero-order valence-electron chi connectivity index (χ0n) is 17.2. The first-order valence-corrected chi connectivity index (χ1v) is 9.92. The van der Waals surface area contributed by atoms with E-state index in [1.54, 1.807) is 6.92 Å². The second kappa shape index (κ2) is 10.0. The lowest BCUT2D eigenvalue weighted by Crippen LogP contribution is -2.37. The predicted molar refractivity (Wildman–Crippen MR) is 103 cm³/mol. The van der Waals surface area contributed by atoms with E-state index in [0.717, 1.165) is 22.1 Å². The highest BCUT2D eigenvalue weighted by Crippen LogP contribution is 2.31. The molecule has 2 fully saturated rings. The molecular formula is C19H22F4N4O5. The molecule has 2 aliphatic rings. The van der Waals surface area contributed by atoms with Crippen molar-refractivity contribution in [3.63, 3.8) is 0 Å². The zero-order chi connectivity index (χ0) is 23.4. The van der Waals surface area contributed by atoms with Crippen LogP contribution in [0.5, 0.6) is 0 Å². The van der Waals surface area contributed by atoms with E-state index in [2.05, 4.69) is 0 Å². The molecule has 13 heteroatoms. The van der Waals surface area contributed by atoms with Gasteiger partial charge in [-0.15, -0.1) is 0 Å². The molecule has 0 spiro atoms. The smallest absolute Gasteiger partial charge is 0.414 e. The fourth-order valence-corrected chi connectivity index (χ4v) is 3.39. The fourth-order valence-electron chi connectivity index (χ4n) is 3.39. The molecule has 1 aromatic carbocycles. The van der Waals surface area contributed by atoms with Crippen LogP contribution in [0.2, 0.25) is 0 Å². The molecule has 1 atom stereocenters. The van der Waals surface area contributed by atoms with Crippen molar-refractivity contribution in [2.45, 2.75) is 25.9 Å². The summed E-state index contributed by atoms with van der Waals surface area (Å²) in [6.07, 6.45) is -4.86. The summed E-state index contributed by atoms with van der Waals surface area (Å²) >= 11 is 0. The number of hydrogen-bond donors (Lipinski definition) is 1. The molecule has 1 unspecified atom stereocenters. The van der Waals surface area contributed by atoms with Crippen molar-refractivity contribution in [3.8, 4) is 0 Å². The molecule has 0 radical (unpaired) electrons. The van der Waals surface area contributed by atoms with E-state index in [-0.39, 0.29) is 63.0 Å². The van der Waals surface area contributed by atoms with Gasteiger partial charge < -0.3 is 15.0 Å². The molecule has 2 saturated heterocycles. The number of nitrogens with zero attached hydrogens (tertiary/aromatic N) is 3. The van der Waals surface area contributed by atoms with Gasteiger partial charge >= 0.3 is 12.5 Å². The maximum Gasteiger partial charge on any atom is 0.414 e. The van der Waals surface area contributed by atoms with Crippen LogP contribution in [0.1, 0.15) is 13.3 Å². The van der Waals surface area contributed by atoms with Crippen molar-refractivity contribution in [3.05, 3.63) is 23.8 Å². The van der Waals surface area contributed by atoms with Crippen LogP contribution in [0.15, 0.2) is 12.1 Å². The summed E-state index contributed by atoms with van der Waals surface area (Å²) in [5.74, 6) is -3.62. The third-order valence-corrected chi connectivity index (χ3v) is 4.97. The van der Waals surface area contributed by atoms with Gasteiger partial charge in [-0.25, -0.2) is 18.6 Å². The highest BCUT2D eigenvalue weighted by atomic mass is 19.3. The van der Waals surface area contributed by atoms with E-state index in [1.807, 2.05) is 5.32 Å². The molecule has 32 heavy (non-hydrogen) atoms. The number of carbonyl (C=O) groups is 3. The minimum absolute atomic E-state index is 0.0524. The minimum atomic E-state index is -3.21. The Morgan fingerprint density at radius 3 is 2.50 bits per heavy atom. The van der Waals surface area contributed by atoms with Crippen LogP contribution in [0, 0.1) is 11.6 Å². The van der Waals surface area contributed by atoms with Crippen molar-refractivity contribution >= 4 is 29.3 Å². The number of halogens is 4. The molecule has 9 nitrogen and oxygen atoms in total. The van der Waals surface area contributed by atoms with Crippen molar-refractivity contribution in [1.29, 1.82) is 0 Å². The number of anilines is 2. The zero-order valence-corrected chi connectivity index (χ0v) is 17.2. The van der Waals surface area contributed by atoms with Crippen LogP contribution in [0.25, 0.3) is 0 Å². The molecule has 3 amide bonds. The van der Waals surface area contributed by atoms with Crippen molar-refractivity contribution in [2.24, 2.45) is 0 Å². The molecule has 3 rings (SSSR count). The first kappa shape index (κ1) is 23.6. The lowest BCUT2D eigenvalue weighted by molar-refractivity contribution is -0.181. The molecule has 176 valence electrons. The van der Waals surface area contributed by atoms with Gasteiger partial charge in [0.15, 0.2) is 11.6 Å². The predicted octanol–water partition coefficient (Wildman–Crippen LogP) is 1.66. The van der Waals surface area contributed by atoms with E-state index in [0.29, 0.717) is 0 Å². The van der Waals surface area contributed by atoms with Crippen molar-refractivity contribution in [1.82, 2.24) is 10.4 Å². The Morgan fingerprint density at radius 2 is 1.88 bits per heavy atom. The Kier molecular flexibility index (Phi) is 7.38. The normalized spacial score (nSPS) is 19.2. The largest absolute Gasteiger partial charge is 0.442 e. The number of ether oxygens (including phenoxy) is 1. The topological polar surface area (TPSA) is 91.4 Å². The van der Waals surface area contributed by atoms with Gasteiger partial charge in [0.25, 0.3) is 5.91 Å². The second-order valence-corrected chi connectivity index (χ2v) is 7.09. The Hall–Kier alpha value is -3.09. The monoisotopic (exact) mass is 462 g/mol. The maximum absolute atomic E-state index is 14.8. The van der Waals surface area contributed by atoms with E-state index in [4.69, 9.17) is 9.57 Å². The minimum Gasteiger partial charge on any atom is -0.442 e. The Labute approximate surface area is 180 Å². The van der Waals surface area contributed by atoms with Gasteiger partial charge in [0, 0.05) is 31.6 Å². The van der Waals surface area contributed by atoms with Gasteiger partial charge in [0.2, 0.25) is 5.91 Å². The van der Waals surface area contributed by atoms with Crippen LogP contribution in [0.4, 0.5) is 33.7 Å². The van der Waals surface area contributed by atoms with Crippen molar-refractivity contribution in [2.75, 3.05) is 49.1 Å². The van der Waals surface area contributed by atoms with Gasteiger partial charge in [-0.1, -0.05) is 6.92 Å². The number of carbonyl (C=O) groups excluding carboxylic acids is 3. The maximum atomic E-state index is 14.8. The van der Waals surface area contributed by atoms with Crippen LogP contribution < -0.4 is 15.1 Å². The Bertz CT molecular complexity index is 864. The summed E-state index contributed by atoms with van der Waals surface area (Å²) in [7, 11) is 0. The summed E-state index contributed by atoms with van der Waals surface area (Å²) < 4.78 is 59.2. The SMILES string of the molecule is CCC(=O)N1CCN(c2c(F)cc(N3CC(CNC(=O)C(F)F)OC3=O)cc2F)CCO1. The summed E-state index contributed by atoms with van der Waals surface area (Å²) in [4.78, 5) is 42.5. The van der Waals surface area contributed by atoms with Crippen LogP contribution in [-0.4, -0.2) is 74.8 Å². The third-order valence-electron chi connectivity index (χ3n) is 4.97. The standard InChI is InChI=1S/C19H22F4N4O5/c1-2-15(28)27-4-3-25(5-6-31-27)16-13(20)7-11(8-14(16)21)26-10-12(32-19(26)30)9-24-18(29)17(22)23/h7-8,12,17H,2-6,9-10H2,1H3,(H,24,29). The van der Waals surface area contributed by atoms with Crippen molar-refractivity contribution < 1.29 is 41.5 Å². The molecule has 0 saturated carbocycles. The molecule has 0 bridgehead atoms. The van der Waals surface area contributed by atoms with Gasteiger partial charge in [0.05, 0.1) is 31.9 Å². The number of alkyl halides is 2.